The molecule has 99 valence electrons. The van der Waals surface area contributed by atoms with Crippen LogP contribution < -0.4 is 5.46 Å². The Labute approximate surface area is 106 Å². The largest absolute Gasteiger partial charge is 0.503 e. The monoisotopic (exact) mass is 257 g/mol. The predicted molar refractivity (Wildman–Crippen MR) is 64.9 cm³/mol. The van der Waals surface area contributed by atoms with Crippen LogP contribution >= 0.6 is 0 Å². The van der Waals surface area contributed by atoms with E-state index in [0.717, 1.165) is 19.6 Å². The van der Waals surface area contributed by atoms with Crippen LogP contribution in [0.3, 0.4) is 0 Å². The summed E-state index contributed by atoms with van der Waals surface area (Å²) >= 11 is 0. The van der Waals surface area contributed by atoms with E-state index >= 15 is 0 Å². The molecule has 0 saturated heterocycles. The summed E-state index contributed by atoms with van der Waals surface area (Å²) in [5, 5.41) is 18.8. The van der Waals surface area contributed by atoms with Gasteiger partial charge in [0.1, 0.15) is 0 Å². The zero-order chi connectivity index (χ0) is 14.1. The zero-order valence-corrected chi connectivity index (χ0v) is 10.8. The number of phenolic OH excluding ortho intramolecular Hbond substituents is 1. The highest BCUT2D eigenvalue weighted by Gasteiger charge is 2.35. The van der Waals surface area contributed by atoms with Gasteiger partial charge in [0.2, 0.25) is 0 Å². The number of phenols is 1. The fourth-order valence-electron chi connectivity index (χ4n) is 1.01. The lowest BCUT2D eigenvalue weighted by Crippen LogP contribution is -2.49. The number of hydrogen-bond donors (Lipinski definition) is 2. The molecule has 0 heterocycles. The fraction of sp³-hybridized carbons (Fsp3) is 0.500. The molecule has 1 rings (SSSR count). The second-order valence-electron chi connectivity index (χ2n) is 5.14. The molecule has 0 bridgehead atoms. The van der Waals surface area contributed by atoms with Gasteiger partial charge in [-0.15, -0.1) is 0 Å². The second-order valence-corrected chi connectivity index (χ2v) is 5.14. The maximum atomic E-state index is 13.1. The minimum absolute atomic E-state index is 0.125. The summed E-state index contributed by atoms with van der Waals surface area (Å²) < 4.78 is 31.5. The zero-order valence-electron chi connectivity index (χ0n) is 10.8. The average Bonchev–Trinajstić information content (AvgIpc) is 2.21. The molecule has 0 aliphatic heterocycles. The molecule has 2 N–H and O–H groups in total. The van der Waals surface area contributed by atoms with Crippen molar-refractivity contribution in [2.45, 2.75) is 38.9 Å². The highest BCUT2D eigenvalue weighted by atomic mass is 19.1. The Morgan fingerprint density at radius 1 is 1.11 bits per heavy atom. The molecule has 1 radical (unpaired) electrons. The van der Waals surface area contributed by atoms with Crippen molar-refractivity contribution in [3.63, 3.8) is 0 Å². The van der Waals surface area contributed by atoms with Crippen molar-refractivity contribution in [3.05, 3.63) is 23.8 Å². The maximum absolute atomic E-state index is 13.1. The normalized spacial score (nSPS) is 12.6. The summed E-state index contributed by atoms with van der Waals surface area (Å²) in [5.41, 5.74) is -1.94. The summed E-state index contributed by atoms with van der Waals surface area (Å²) in [5.74, 6) is -3.15. The van der Waals surface area contributed by atoms with Gasteiger partial charge in [-0.05, 0) is 45.3 Å². The quantitative estimate of drug-likeness (QED) is 0.803. The van der Waals surface area contributed by atoms with Crippen molar-refractivity contribution in [1.29, 1.82) is 0 Å². The molecule has 1 aromatic rings. The number of aliphatic hydroxyl groups is 1. The van der Waals surface area contributed by atoms with Crippen LogP contribution in [0.15, 0.2) is 12.1 Å². The third-order valence-electron chi connectivity index (χ3n) is 3.00. The first kappa shape index (κ1) is 14.9. The van der Waals surface area contributed by atoms with Crippen LogP contribution in [0.1, 0.15) is 27.7 Å². The van der Waals surface area contributed by atoms with Crippen LogP contribution in [0.4, 0.5) is 8.78 Å². The van der Waals surface area contributed by atoms with Gasteiger partial charge in [-0.3, -0.25) is 0 Å². The molecule has 3 nitrogen and oxygen atoms in total. The topological polar surface area (TPSA) is 49.7 Å². The van der Waals surface area contributed by atoms with E-state index in [0.29, 0.717) is 0 Å². The van der Waals surface area contributed by atoms with E-state index in [1.807, 2.05) is 0 Å². The predicted octanol–water partition coefficient (Wildman–Crippen LogP) is 1.48. The van der Waals surface area contributed by atoms with Crippen molar-refractivity contribution in [2.24, 2.45) is 0 Å². The maximum Gasteiger partial charge on any atom is 0.331 e. The lowest BCUT2D eigenvalue weighted by atomic mass is 9.82. The Balaban J connectivity index is 2.82. The first-order valence-electron chi connectivity index (χ1n) is 5.46. The van der Waals surface area contributed by atoms with Gasteiger partial charge in [-0.25, -0.2) is 8.78 Å². The average molecular weight is 257 g/mol. The molecule has 0 aliphatic rings. The van der Waals surface area contributed by atoms with Gasteiger partial charge < -0.3 is 14.9 Å². The van der Waals surface area contributed by atoms with Gasteiger partial charge in [-0.1, -0.05) is 0 Å². The molecule has 0 fully saturated rings. The molecule has 0 amide bonds. The highest BCUT2D eigenvalue weighted by Crippen LogP contribution is 2.24. The Kier molecular flexibility index (Phi) is 4.03. The molecule has 6 heteroatoms. The molecule has 0 spiro atoms. The van der Waals surface area contributed by atoms with E-state index in [-0.39, 0.29) is 5.46 Å². The van der Waals surface area contributed by atoms with Crippen LogP contribution in [0.2, 0.25) is 0 Å². The summed E-state index contributed by atoms with van der Waals surface area (Å²) in [4.78, 5) is 0. The first-order chi connectivity index (χ1) is 8.04. The van der Waals surface area contributed by atoms with Crippen LogP contribution in [0.25, 0.3) is 0 Å². The Morgan fingerprint density at radius 3 is 1.94 bits per heavy atom. The van der Waals surface area contributed by atoms with Gasteiger partial charge >= 0.3 is 7.48 Å². The molecule has 18 heavy (non-hydrogen) atoms. The Bertz CT molecular complexity index is 418. The molecule has 0 aliphatic carbocycles. The van der Waals surface area contributed by atoms with E-state index in [1.54, 1.807) is 27.7 Å². The lowest BCUT2D eigenvalue weighted by molar-refractivity contribution is -0.0893. The lowest BCUT2D eigenvalue weighted by Gasteiger charge is -2.37. The molecule has 1 aromatic carbocycles. The molecular formula is C12H16BF2O3. The molecule has 0 aromatic heterocycles. The number of hydrogen-bond acceptors (Lipinski definition) is 3. The van der Waals surface area contributed by atoms with Crippen molar-refractivity contribution < 1.29 is 23.6 Å². The van der Waals surface area contributed by atoms with Gasteiger partial charge in [0.05, 0.1) is 11.2 Å². The van der Waals surface area contributed by atoms with E-state index < -0.39 is 28.6 Å². The summed E-state index contributed by atoms with van der Waals surface area (Å²) in [7, 11) is 1.14. The number of aromatic hydroxyl groups is 1. The fourth-order valence-corrected chi connectivity index (χ4v) is 1.01. The third-order valence-corrected chi connectivity index (χ3v) is 3.00. The number of halogens is 2. The van der Waals surface area contributed by atoms with E-state index in [1.165, 1.54) is 0 Å². The van der Waals surface area contributed by atoms with Crippen LogP contribution in [0.5, 0.6) is 5.75 Å². The first-order valence-corrected chi connectivity index (χ1v) is 5.46. The highest BCUT2D eigenvalue weighted by molar-refractivity contribution is 6.47. The standard InChI is InChI=1S/C12H16BF2O3/c1-11(2,17)12(3,4)18-13-7-5-8(14)10(16)9(15)6-7/h5-6,16-17H,1-4H3. The number of benzene rings is 1. The third kappa shape index (κ3) is 3.20. The Morgan fingerprint density at radius 2 is 1.56 bits per heavy atom. The second kappa shape index (κ2) is 4.86. The van der Waals surface area contributed by atoms with Crippen molar-refractivity contribution in [1.82, 2.24) is 0 Å². The van der Waals surface area contributed by atoms with E-state index in [2.05, 4.69) is 0 Å². The van der Waals surface area contributed by atoms with Crippen LogP contribution in [-0.2, 0) is 4.65 Å². The summed E-state index contributed by atoms with van der Waals surface area (Å²) in [6.45, 7) is 6.44. The van der Waals surface area contributed by atoms with Gasteiger partial charge in [-0.2, -0.15) is 0 Å². The minimum atomic E-state index is -1.13. The van der Waals surface area contributed by atoms with Crippen LogP contribution in [-0.4, -0.2) is 28.9 Å². The van der Waals surface area contributed by atoms with Gasteiger partial charge in [0.15, 0.2) is 17.4 Å². The molecular weight excluding hydrogens is 241 g/mol. The summed E-state index contributed by atoms with van der Waals surface area (Å²) in [6.07, 6.45) is 0. The van der Waals surface area contributed by atoms with Crippen molar-refractivity contribution >= 4 is 12.9 Å². The molecule has 0 unspecified atom stereocenters. The SMILES string of the molecule is CC(C)(O)C(C)(C)O[B]c1cc(F)c(O)c(F)c1. The van der Waals surface area contributed by atoms with Crippen LogP contribution in [0, 0.1) is 11.6 Å². The van der Waals surface area contributed by atoms with E-state index in [4.69, 9.17) is 9.76 Å². The van der Waals surface area contributed by atoms with Crippen molar-refractivity contribution in [3.8, 4) is 5.75 Å². The summed E-state index contributed by atoms with van der Waals surface area (Å²) in [6, 6.07) is 1.89. The molecule has 0 atom stereocenters. The van der Waals surface area contributed by atoms with Gasteiger partial charge in [0, 0.05) is 0 Å². The smallest absolute Gasteiger partial charge is 0.331 e. The number of rotatable bonds is 4. The van der Waals surface area contributed by atoms with E-state index in [9.17, 15) is 13.9 Å². The molecule has 0 saturated carbocycles. The van der Waals surface area contributed by atoms with Crippen molar-refractivity contribution in [2.75, 3.05) is 0 Å². The van der Waals surface area contributed by atoms with Gasteiger partial charge in [0.25, 0.3) is 0 Å². The minimum Gasteiger partial charge on any atom is -0.503 e. The Hall–Kier alpha value is -1.14.